The molecule has 2 N–H and O–H groups in total. The summed E-state index contributed by atoms with van der Waals surface area (Å²) >= 11 is 0. The number of aromatic nitrogens is 2. The molecule has 4 rings (SSSR count). The molecule has 1 aliphatic rings. The second-order valence-corrected chi connectivity index (χ2v) is 9.92. The zero-order valence-electron chi connectivity index (χ0n) is 16.8. The molecule has 0 saturated carbocycles. The van der Waals surface area contributed by atoms with E-state index >= 15 is 0 Å². The van der Waals surface area contributed by atoms with Crippen molar-refractivity contribution in [3.63, 3.8) is 0 Å². The summed E-state index contributed by atoms with van der Waals surface area (Å²) in [7, 11) is -0.353. The van der Waals surface area contributed by atoms with Gasteiger partial charge in [0.25, 0.3) is 0 Å². The van der Waals surface area contributed by atoms with E-state index in [1.807, 2.05) is 30.3 Å². The van der Waals surface area contributed by atoms with Crippen LogP contribution in [0.4, 0.5) is 5.95 Å². The lowest BCUT2D eigenvalue weighted by molar-refractivity contribution is 0.495. The van der Waals surface area contributed by atoms with Gasteiger partial charge in [0.05, 0.1) is 22.5 Å². The van der Waals surface area contributed by atoms with Gasteiger partial charge in [-0.15, -0.1) is 0 Å². The number of nitrogens with zero attached hydrogens (tertiary/aromatic N) is 4. The monoisotopic (exact) mass is 413 g/mol. The van der Waals surface area contributed by atoms with Crippen LogP contribution in [0.15, 0.2) is 53.4 Å². The van der Waals surface area contributed by atoms with Gasteiger partial charge in [-0.25, -0.2) is 17.7 Å². The van der Waals surface area contributed by atoms with Crippen LogP contribution < -0.4 is 10.6 Å². The molecule has 1 fully saturated rings. The molecule has 8 heteroatoms. The van der Waals surface area contributed by atoms with Crippen LogP contribution in [-0.4, -0.2) is 55.5 Å². The lowest BCUT2D eigenvalue weighted by Gasteiger charge is -2.32. The van der Waals surface area contributed by atoms with Crippen LogP contribution in [0.5, 0.6) is 0 Å². The topological polar surface area (TPSA) is 84.5 Å². The molecule has 0 radical (unpaired) electrons. The minimum absolute atomic E-state index is 0.160. The molecule has 2 heterocycles. The van der Waals surface area contributed by atoms with Crippen LogP contribution in [0.25, 0.3) is 11.0 Å². The summed E-state index contributed by atoms with van der Waals surface area (Å²) in [6.45, 7) is 2.35. The van der Waals surface area contributed by atoms with Crippen LogP contribution in [0.3, 0.4) is 0 Å². The zero-order valence-corrected chi connectivity index (χ0v) is 17.6. The SMILES string of the molecule is CN(C)S(=O)(=O)c1ccc(Cn2c(N3CCC[C@@H](N)C3)nc3ccccc32)cc1. The molecule has 29 heavy (non-hydrogen) atoms. The average molecular weight is 414 g/mol. The maximum atomic E-state index is 12.3. The van der Waals surface area contributed by atoms with Crippen molar-refractivity contribution in [1.29, 1.82) is 0 Å². The van der Waals surface area contributed by atoms with Crippen molar-refractivity contribution in [1.82, 2.24) is 13.9 Å². The van der Waals surface area contributed by atoms with E-state index in [2.05, 4.69) is 15.5 Å². The molecule has 7 nitrogen and oxygen atoms in total. The molecule has 3 aromatic rings. The molecular formula is C21H27N5O2S. The Kier molecular flexibility index (Phi) is 5.33. The molecule has 1 aromatic heterocycles. The Hall–Kier alpha value is -2.42. The van der Waals surface area contributed by atoms with Crippen molar-refractivity contribution in [2.45, 2.75) is 30.3 Å². The number of hydrogen-bond acceptors (Lipinski definition) is 5. The maximum absolute atomic E-state index is 12.3. The van der Waals surface area contributed by atoms with E-state index in [-0.39, 0.29) is 6.04 Å². The van der Waals surface area contributed by atoms with Gasteiger partial charge in [0.2, 0.25) is 16.0 Å². The van der Waals surface area contributed by atoms with E-state index in [0.29, 0.717) is 11.4 Å². The largest absolute Gasteiger partial charge is 0.341 e. The van der Waals surface area contributed by atoms with E-state index in [0.717, 1.165) is 48.5 Å². The van der Waals surface area contributed by atoms with E-state index < -0.39 is 10.0 Å². The fourth-order valence-corrected chi connectivity index (χ4v) is 4.71. The Bertz CT molecular complexity index is 1110. The van der Waals surface area contributed by atoms with Gasteiger partial charge >= 0.3 is 0 Å². The van der Waals surface area contributed by atoms with Crippen LogP contribution >= 0.6 is 0 Å². The first-order valence-corrected chi connectivity index (χ1v) is 11.3. The first-order valence-electron chi connectivity index (χ1n) is 9.83. The van der Waals surface area contributed by atoms with Crippen LogP contribution in [0, 0.1) is 0 Å². The highest BCUT2D eigenvalue weighted by molar-refractivity contribution is 7.89. The summed E-state index contributed by atoms with van der Waals surface area (Å²) < 4.78 is 28.1. The Morgan fingerprint density at radius 1 is 1.14 bits per heavy atom. The minimum Gasteiger partial charge on any atom is -0.341 e. The number of imidazole rings is 1. The molecule has 1 saturated heterocycles. The maximum Gasteiger partial charge on any atom is 0.242 e. The molecule has 0 unspecified atom stereocenters. The van der Waals surface area contributed by atoms with Crippen molar-refractivity contribution < 1.29 is 8.42 Å². The predicted molar refractivity (Wildman–Crippen MR) is 116 cm³/mol. The normalized spacial score (nSPS) is 17.9. The highest BCUT2D eigenvalue weighted by Crippen LogP contribution is 2.26. The van der Waals surface area contributed by atoms with Crippen molar-refractivity contribution in [2.75, 3.05) is 32.1 Å². The third-order valence-corrected chi connectivity index (χ3v) is 7.25. The lowest BCUT2D eigenvalue weighted by atomic mass is 10.1. The van der Waals surface area contributed by atoms with Gasteiger partial charge in [0.15, 0.2) is 0 Å². The number of para-hydroxylation sites is 2. The van der Waals surface area contributed by atoms with E-state index in [1.54, 1.807) is 12.1 Å². The number of fused-ring (bicyclic) bond motifs is 1. The van der Waals surface area contributed by atoms with Gasteiger partial charge < -0.3 is 15.2 Å². The Morgan fingerprint density at radius 3 is 2.55 bits per heavy atom. The second-order valence-electron chi connectivity index (χ2n) is 7.77. The molecular weight excluding hydrogens is 386 g/mol. The lowest BCUT2D eigenvalue weighted by Crippen LogP contribution is -2.44. The van der Waals surface area contributed by atoms with Crippen molar-refractivity contribution >= 4 is 27.0 Å². The molecule has 1 atom stereocenters. The smallest absolute Gasteiger partial charge is 0.242 e. The number of nitrogens with two attached hydrogens (primary N) is 1. The Balaban J connectivity index is 1.69. The summed E-state index contributed by atoms with van der Waals surface area (Å²) in [6.07, 6.45) is 2.10. The summed E-state index contributed by atoms with van der Waals surface area (Å²) in [5.74, 6) is 0.923. The van der Waals surface area contributed by atoms with Gasteiger partial charge in [-0.2, -0.15) is 0 Å². The fraction of sp³-hybridized carbons (Fsp3) is 0.381. The quantitative estimate of drug-likeness (QED) is 0.694. The number of rotatable bonds is 5. The van der Waals surface area contributed by atoms with Gasteiger partial charge in [-0.1, -0.05) is 24.3 Å². The molecule has 0 aliphatic carbocycles. The Labute approximate surface area is 171 Å². The van der Waals surface area contributed by atoms with Gasteiger partial charge in [-0.05, 0) is 42.7 Å². The molecule has 0 bridgehead atoms. The van der Waals surface area contributed by atoms with E-state index in [1.165, 1.54) is 18.4 Å². The highest BCUT2D eigenvalue weighted by atomic mass is 32.2. The van der Waals surface area contributed by atoms with Crippen LogP contribution in [0.2, 0.25) is 0 Å². The Morgan fingerprint density at radius 2 is 1.86 bits per heavy atom. The van der Waals surface area contributed by atoms with Gasteiger partial charge in [0, 0.05) is 33.2 Å². The standard InChI is InChI=1S/C21H27N5O2S/c1-24(2)29(27,28)18-11-9-16(10-12-18)14-26-20-8-4-3-7-19(20)23-21(26)25-13-5-6-17(22)15-25/h3-4,7-12,17H,5-6,13-15,22H2,1-2H3/t17-/m1/s1. The fourth-order valence-electron chi connectivity index (χ4n) is 3.81. The predicted octanol–water partition coefficient (Wildman–Crippen LogP) is 2.26. The van der Waals surface area contributed by atoms with Crippen molar-refractivity contribution in [3.05, 3.63) is 54.1 Å². The second kappa shape index (κ2) is 7.78. The van der Waals surface area contributed by atoms with Crippen molar-refractivity contribution in [2.24, 2.45) is 5.73 Å². The van der Waals surface area contributed by atoms with Crippen LogP contribution in [-0.2, 0) is 16.6 Å². The molecule has 154 valence electrons. The summed E-state index contributed by atoms with van der Waals surface area (Å²) in [5, 5.41) is 0. The van der Waals surface area contributed by atoms with Gasteiger partial charge in [-0.3, -0.25) is 0 Å². The number of piperidine rings is 1. The number of benzene rings is 2. The van der Waals surface area contributed by atoms with Crippen LogP contribution in [0.1, 0.15) is 18.4 Å². The highest BCUT2D eigenvalue weighted by Gasteiger charge is 2.23. The van der Waals surface area contributed by atoms with Gasteiger partial charge in [0.1, 0.15) is 0 Å². The first-order chi connectivity index (χ1) is 13.9. The van der Waals surface area contributed by atoms with Crippen molar-refractivity contribution in [3.8, 4) is 0 Å². The van der Waals surface area contributed by atoms with E-state index in [4.69, 9.17) is 10.7 Å². The van der Waals surface area contributed by atoms with E-state index in [9.17, 15) is 8.42 Å². The minimum atomic E-state index is -3.43. The number of sulfonamides is 1. The third-order valence-electron chi connectivity index (χ3n) is 5.42. The molecule has 2 aromatic carbocycles. The molecule has 1 aliphatic heterocycles. The zero-order chi connectivity index (χ0) is 20.6. The first kappa shape index (κ1) is 19.9. The third kappa shape index (κ3) is 3.88. The number of hydrogen-bond donors (Lipinski definition) is 1. The average Bonchev–Trinajstić information content (AvgIpc) is 3.07. The number of anilines is 1. The molecule has 0 spiro atoms. The summed E-state index contributed by atoms with van der Waals surface area (Å²) in [5.41, 5.74) is 9.24. The summed E-state index contributed by atoms with van der Waals surface area (Å²) in [4.78, 5) is 7.44. The summed E-state index contributed by atoms with van der Waals surface area (Å²) in [6, 6.07) is 15.3. The molecule has 0 amide bonds.